The molecule has 0 spiro atoms. The molecule has 0 amide bonds. The lowest BCUT2D eigenvalue weighted by Gasteiger charge is -2.02. The summed E-state index contributed by atoms with van der Waals surface area (Å²) in [6.07, 6.45) is 9.11. The van der Waals surface area contributed by atoms with Crippen molar-refractivity contribution in [1.82, 2.24) is 5.32 Å². The molecule has 2 N–H and O–H groups in total. The van der Waals surface area contributed by atoms with Crippen molar-refractivity contribution < 1.29 is 9.90 Å². The second kappa shape index (κ2) is 6.83. The molecule has 2 atom stereocenters. The summed E-state index contributed by atoms with van der Waals surface area (Å²) in [6, 6.07) is 1.91. The zero-order chi connectivity index (χ0) is 11.1. The van der Waals surface area contributed by atoms with Crippen molar-refractivity contribution in [2.75, 3.05) is 0 Å². The van der Waals surface area contributed by atoms with Gasteiger partial charge in [0.25, 0.3) is 0 Å². The predicted molar refractivity (Wildman–Crippen MR) is 61.0 cm³/mol. The standard InChI is InChI=1S/C6H11N.C6H12O2/c1-2-4-6-5(3-1)7-6;1-2-3-4-5-6(7)8/h5-7H,1-4H2;2-5H2,1H3,(H,7,8). The maximum Gasteiger partial charge on any atom is 0.303 e. The summed E-state index contributed by atoms with van der Waals surface area (Å²) < 4.78 is 0. The quantitative estimate of drug-likeness (QED) is 0.557. The van der Waals surface area contributed by atoms with Crippen LogP contribution in [0.1, 0.15) is 58.3 Å². The molecule has 2 aliphatic rings. The average Bonchev–Trinajstić information content (AvgIpc) is 2.97. The molecule has 3 heteroatoms. The molecule has 2 rings (SSSR count). The van der Waals surface area contributed by atoms with Gasteiger partial charge in [-0.25, -0.2) is 0 Å². The van der Waals surface area contributed by atoms with Crippen molar-refractivity contribution in [1.29, 1.82) is 0 Å². The van der Waals surface area contributed by atoms with E-state index in [2.05, 4.69) is 12.2 Å². The van der Waals surface area contributed by atoms with Gasteiger partial charge in [0.05, 0.1) is 0 Å². The molecular formula is C12H23NO2. The van der Waals surface area contributed by atoms with Crippen LogP contribution in [0.5, 0.6) is 0 Å². The van der Waals surface area contributed by atoms with Crippen LogP contribution >= 0.6 is 0 Å². The van der Waals surface area contributed by atoms with Crippen LogP contribution in [0.25, 0.3) is 0 Å². The zero-order valence-corrected chi connectivity index (χ0v) is 9.67. The highest BCUT2D eigenvalue weighted by atomic mass is 16.4. The van der Waals surface area contributed by atoms with Crippen LogP contribution in [0.3, 0.4) is 0 Å². The van der Waals surface area contributed by atoms with Crippen molar-refractivity contribution in [3.05, 3.63) is 0 Å². The lowest BCUT2D eigenvalue weighted by molar-refractivity contribution is -0.137. The third-order valence-electron chi connectivity index (χ3n) is 3.08. The van der Waals surface area contributed by atoms with Gasteiger partial charge in [-0.1, -0.05) is 32.6 Å². The van der Waals surface area contributed by atoms with Gasteiger partial charge >= 0.3 is 5.97 Å². The van der Waals surface area contributed by atoms with E-state index in [-0.39, 0.29) is 0 Å². The molecule has 1 saturated carbocycles. The minimum absolute atomic E-state index is 0.327. The van der Waals surface area contributed by atoms with E-state index < -0.39 is 5.97 Å². The molecule has 1 aliphatic heterocycles. The van der Waals surface area contributed by atoms with Gasteiger partial charge in [-0.05, 0) is 19.3 Å². The fourth-order valence-corrected chi connectivity index (χ4v) is 2.04. The zero-order valence-electron chi connectivity index (χ0n) is 9.67. The third-order valence-corrected chi connectivity index (χ3v) is 3.08. The molecule has 3 nitrogen and oxygen atoms in total. The van der Waals surface area contributed by atoms with Crippen molar-refractivity contribution >= 4 is 5.97 Å². The molecule has 0 aromatic heterocycles. The summed E-state index contributed by atoms with van der Waals surface area (Å²) in [5.74, 6) is -0.682. The van der Waals surface area contributed by atoms with E-state index in [1.54, 1.807) is 0 Å². The number of rotatable bonds is 4. The molecule has 2 unspecified atom stereocenters. The summed E-state index contributed by atoms with van der Waals surface area (Å²) in [7, 11) is 0. The Morgan fingerprint density at radius 3 is 2.27 bits per heavy atom. The van der Waals surface area contributed by atoms with E-state index in [1.807, 2.05) is 0 Å². The van der Waals surface area contributed by atoms with Gasteiger partial charge in [-0.3, -0.25) is 4.79 Å². The van der Waals surface area contributed by atoms with Gasteiger partial charge in [-0.2, -0.15) is 0 Å². The van der Waals surface area contributed by atoms with Crippen LogP contribution in [0.4, 0.5) is 0 Å². The molecule has 15 heavy (non-hydrogen) atoms. The Morgan fingerprint density at radius 2 is 1.87 bits per heavy atom. The van der Waals surface area contributed by atoms with Crippen LogP contribution in [0, 0.1) is 0 Å². The fraction of sp³-hybridized carbons (Fsp3) is 0.917. The number of hydrogen-bond donors (Lipinski definition) is 2. The Hall–Kier alpha value is -0.570. The van der Waals surface area contributed by atoms with Crippen molar-refractivity contribution in [2.24, 2.45) is 0 Å². The van der Waals surface area contributed by atoms with Crippen LogP contribution in [0.15, 0.2) is 0 Å². The van der Waals surface area contributed by atoms with Gasteiger partial charge in [-0.15, -0.1) is 0 Å². The molecule has 2 fully saturated rings. The maximum absolute atomic E-state index is 9.87. The Kier molecular flexibility index (Phi) is 5.69. The van der Waals surface area contributed by atoms with Gasteiger partial charge in [0.2, 0.25) is 0 Å². The summed E-state index contributed by atoms with van der Waals surface area (Å²) in [4.78, 5) is 9.87. The number of carboxylic acids is 1. The Balaban J connectivity index is 0.000000150. The number of hydrogen-bond acceptors (Lipinski definition) is 2. The minimum atomic E-state index is -0.682. The van der Waals surface area contributed by atoms with E-state index in [9.17, 15) is 4.79 Å². The van der Waals surface area contributed by atoms with E-state index in [1.165, 1.54) is 25.7 Å². The highest BCUT2D eigenvalue weighted by Gasteiger charge is 2.37. The van der Waals surface area contributed by atoms with E-state index >= 15 is 0 Å². The largest absolute Gasteiger partial charge is 0.481 e. The molecule has 1 heterocycles. The molecule has 0 bridgehead atoms. The topological polar surface area (TPSA) is 59.2 Å². The number of fused-ring (bicyclic) bond motifs is 1. The predicted octanol–water partition coefficient (Wildman–Crippen LogP) is 2.55. The summed E-state index contributed by atoms with van der Waals surface area (Å²) >= 11 is 0. The Labute approximate surface area is 92.3 Å². The van der Waals surface area contributed by atoms with E-state index in [4.69, 9.17) is 5.11 Å². The molecule has 0 aromatic rings. The summed E-state index contributed by atoms with van der Waals surface area (Å²) in [5.41, 5.74) is 0. The summed E-state index contributed by atoms with van der Waals surface area (Å²) in [5, 5.41) is 11.6. The number of carbonyl (C=O) groups is 1. The number of nitrogens with one attached hydrogen (secondary N) is 1. The Bertz CT molecular complexity index is 184. The van der Waals surface area contributed by atoms with Crippen LogP contribution in [-0.2, 0) is 4.79 Å². The first-order chi connectivity index (χ1) is 7.24. The highest BCUT2D eigenvalue weighted by molar-refractivity contribution is 5.66. The van der Waals surface area contributed by atoms with Gasteiger partial charge in [0.1, 0.15) is 0 Å². The van der Waals surface area contributed by atoms with Crippen LogP contribution in [-0.4, -0.2) is 23.2 Å². The van der Waals surface area contributed by atoms with Gasteiger partial charge < -0.3 is 10.4 Å². The van der Waals surface area contributed by atoms with Crippen LogP contribution in [0.2, 0.25) is 0 Å². The Morgan fingerprint density at radius 1 is 1.27 bits per heavy atom. The van der Waals surface area contributed by atoms with E-state index in [0.29, 0.717) is 6.42 Å². The second-order valence-corrected chi connectivity index (χ2v) is 4.51. The summed E-state index contributed by atoms with van der Waals surface area (Å²) in [6.45, 7) is 2.06. The molecular weight excluding hydrogens is 190 g/mol. The van der Waals surface area contributed by atoms with Gasteiger partial charge in [0, 0.05) is 18.5 Å². The highest BCUT2D eigenvalue weighted by Crippen LogP contribution is 2.28. The molecule has 88 valence electrons. The third kappa shape index (κ3) is 5.78. The van der Waals surface area contributed by atoms with Crippen LogP contribution < -0.4 is 5.32 Å². The normalized spacial score (nSPS) is 27.3. The minimum Gasteiger partial charge on any atom is -0.481 e. The first-order valence-electron chi connectivity index (χ1n) is 6.22. The van der Waals surface area contributed by atoms with Crippen molar-refractivity contribution in [3.63, 3.8) is 0 Å². The van der Waals surface area contributed by atoms with E-state index in [0.717, 1.165) is 31.3 Å². The van der Waals surface area contributed by atoms with Crippen molar-refractivity contribution in [3.8, 4) is 0 Å². The number of unbranched alkanes of at least 4 members (excludes halogenated alkanes) is 2. The lowest BCUT2D eigenvalue weighted by atomic mass is 10.0. The lowest BCUT2D eigenvalue weighted by Crippen LogP contribution is -2.00. The maximum atomic E-state index is 9.87. The average molecular weight is 213 g/mol. The first-order valence-corrected chi connectivity index (χ1v) is 6.22. The van der Waals surface area contributed by atoms with Gasteiger partial charge in [0.15, 0.2) is 0 Å². The number of carboxylic acid groups (broad SMARTS) is 1. The first kappa shape index (κ1) is 12.5. The fourth-order valence-electron chi connectivity index (χ4n) is 2.04. The monoisotopic (exact) mass is 213 g/mol. The molecule has 0 radical (unpaired) electrons. The number of aliphatic carboxylic acids is 1. The smallest absolute Gasteiger partial charge is 0.303 e. The SMILES string of the molecule is C1CCC2NC2C1.CCCCCC(=O)O. The second-order valence-electron chi connectivity index (χ2n) is 4.51. The van der Waals surface area contributed by atoms with Crippen molar-refractivity contribution in [2.45, 2.75) is 70.4 Å². The molecule has 1 saturated heterocycles. The molecule has 1 aliphatic carbocycles. The molecule has 0 aromatic carbocycles.